The van der Waals surface area contributed by atoms with Crippen molar-refractivity contribution in [3.63, 3.8) is 0 Å². The highest BCUT2D eigenvalue weighted by Crippen LogP contribution is 2.21. The maximum Gasteiger partial charge on any atom is 0.129 e. The molecule has 0 radical (unpaired) electrons. The van der Waals surface area contributed by atoms with E-state index in [-0.39, 0.29) is 24.8 Å². The predicted molar refractivity (Wildman–Crippen MR) is 65.0 cm³/mol. The highest BCUT2D eigenvalue weighted by atomic mass is 19.1. The molecule has 0 aliphatic rings. The van der Waals surface area contributed by atoms with E-state index in [0.29, 0.717) is 16.9 Å². The molecule has 0 fully saturated rings. The molecule has 0 aliphatic heterocycles. The Bertz CT molecular complexity index is 543. The van der Waals surface area contributed by atoms with Crippen molar-refractivity contribution in [3.05, 3.63) is 65.2 Å². The van der Waals surface area contributed by atoms with Gasteiger partial charge in [0.15, 0.2) is 0 Å². The summed E-state index contributed by atoms with van der Waals surface area (Å²) in [7, 11) is 0. The van der Waals surface area contributed by atoms with E-state index < -0.39 is 0 Å². The minimum Gasteiger partial charge on any atom is -0.488 e. The molecule has 2 rings (SSSR count). The van der Waals surface area contributed by atoms with Gasteiger partial charge in [0.2, 0.25) is 0 Å². The summed E-state index contributed by atoms with van der Waals surface area (Å²) in [6, 6.07) is 10.5. The third-order valence-corrected chi connectivity index (χ3v) is 2.58. The number of hydrogen-bond acceptors (Lipinski definition) is 2. The number of benzene rings is 2. The van der Waals surface area contributed by atoms with Crippen LogP contribution in [-0.2, 0) is 13.2 Å². The molecule has 0 aliphatic carbocycles. The van der Waals surface area contributed by atoms with Gasteiger partial charge in [-0.2, -0.15) is 0 Å². The Morgan fingerprint density at radius 1 is 1.00 bits per heavy atom. The average Bonchev–Trinajstić information content (AvgIpc) is 2.39. The molecule has 0 atom stereocenters. The van der Waals surface area contributed by atoms with Crippen LogP contribution in [0.15, 0.2) is 42.5 Å². The van der Waals surface area contributed by atoms with Crippen molar-refractivity contribution in [1.82, 2.24) is 0 Å². The van der Waals surface area contributed by atoms with E-state index in [2.05, 4.69) is 0 Å². The molecule has 2 aromatic rings. The van der Waals surface area contributed by atoms with Crippen LogP contribution in [0.2, 0.25) is 0 Å². The van der Waals surface area contributed by atoms with Crippen molar-refractivity contribution in [1.29, 1.82) is 0 Å². The third kappa shape index (κ3) is 2.84. The van der Waals surface area contributed by atoms with Gasteiger partial charge in [-0.25, -0.2) is 8.78 Å². The van der Waals surface area contributed by atoms with Gasteiger partial charge < -0.3 is 10.5 Å². The van der Waals surface area contributed by atoms with Gasteiger partial charge in [0.1, 0.15) is 24.0 Å². The van der Waals surface area contributed by atoms with Crippen LogP contribution < -0.4 is 10.5 Å². The first-order chi connectivity index (χ1) is 8.70. The van der Waals surface area contributed by atoms with E-state index in [1.165, 1.54) is 24.3 Å². The average molecular weight is 249 g/mol. The summed E-state index contributed by atoms with van der Waals surface area (Å²) < 4.78 is 31.8. The summed E-state index contributed by atoms with van der Waals surface area (Å²) >= 11 is 0. The standard InChI is InChI=1S/C14H13F2NO/c15-12-5-6-14(11(7-12)8-17)18-9-10-3-1-2-4-13(10)16/h1-7H,8-9,17H2. The van der Waals surface area contributed by atoms with Crippen LogP contribution in [0.4, 0.5) is 8.78 Å². The van der Waals surface area contributed by atoms with Gasteiger partial charge in [-0.05, 0) is 24.3 Å². The monoisotopic (exact) mass is 249 g/mol. The van der Waals surface area contributed by atoms with E-state index in [4.69, 9.17) is 10.5 Å². The Hall–Kier alpha value is -1.94. The number of rotatable bonds is 4. The zero-order valence-electron chi connectivity index (χ0n) is 9.70. The summed E-state index contributed by atoms with van der Waals surface area (Å²) in [6.45, 7) is 0.260. The Labute approximate surface area is 104 Å². The minimum absolute atomic E-state index is 0.0886. The lowest BCUT2D eigenvalue weighted by Gasteiger charge is -2.10. The topological polar surface area (TPSA) is 35.2 Å². The van der Waals surface area contributed by atoms with E-state index in [1.54, 1.807) is 18.2 Å². The van der Waals surface area contributed by atoms with Crippen LogP contribution in [0.5, 0.6) is 5.75 Å². The number of halogens is 2. The fourth-order valence-electron chi connectivity index (χ4n) is 1.62. The zero-order chi connectivity index (χ0) is 13.0. The third-order valence-electron chi connectivity index (χ3n) is 2.58. The highest BCUT2D eigenvalue weighted by Gasteiger charge is 2.06. The highest BCUT2D eigenvalue weighted by molar-refractivity contribution is 5.34. The first-order valence-corrected chi connectivity index (χ1v) is 5.55. The fourth-order valence-corrected chi connectivity index (χ4v) is 1.62. The molecule has 2 nitrogen and oxygen atoms in total. The molecule has 94 valence electrons. The van der Waals surface area contributed by atoms with Crippen molar-refractivity contribution in [2.45, 2.75) is 13.2 Å². The SMILES string of the molecule is NCc1cc(F)ccc1OCc1ccccc1F. The first kappa shape index (κ1) is 12.5. The lowest BCUT2D eigenvalue weighted by Crippen LogP contribution is -2.04. The Kier molecular flexibility index (Phi) is 3.89. The van der Waals surface area contributed by atoms with E-state index >= 15 is 0 Å². The Balaban J connectivity index is 2.13. The summed E-state index contributed by atoms with van der Waals surface area (Å²) in [6.07, 6.45) is 0. The van der Waals surface area contributed by atoms with E-state index in [9.17, 15) is 8.78 Å². The lowest BCUT2D eigenvalue weighted by molar-refractivity contribution is 0.296. The molecule has 2 aromatic carbocycles. The molecule has 0 aromatic heterocycles. The van der Waals surface area contributed by atoms with Crippen LogP contribution in [0.3, 0.4) is 0 Å². The molecule has 0 spiro atoms. The van der Waals surface area contributed by atoms with Crippen LogP contribution in [0.1, 0.15) is 11.1 Å². The molecule has 18 heavy (non-hydrogen) atoms. The van der Waals surface area contributed by atoms with Gasteiger partial charge in [0.05, 0.1) is 0 Å². The largest absolute Gasteiger partial charge is 0.488 e. The Morgan fingerprint density at radius 3 is 2.50 bits per heavy atom. The predicted octanol–water partition coefficient (Wildman–Crippen LogP) is 3.00. The van der Waals surface area contributed by atoms with Crippen molar-refractivity contribution in [3.8, 4) is 5.75 Å². The molecule has 0 unspecified atom stereocenters. The van der Waals surface area contributed by atoms with Gasteiger partial charge in [0.25, 0.3) is 0 Å². The van der Waals surface area contributed by atoms with Gasteiger partial charge in [-0.3, -0.25) is 0 Å². The molecular weight excluding hydrogens is 236 g/mol. The maximum absolute atomic E-state index is 13.4. The molecule has 0 heterocycles. The second-order valence-electron chi connectivity index (χ2n) is 3.84. The van der Waals surface area contributed by atoms with Crippen LogP contribution in [-0.4, -0.2) is 0 Å². The van der Waals surface area contributed by atoms with Crippen LogP contribution in [0, 0.1) is 11.6 Å². The maximum atomic E-state index is 13.4. The number of ether oxygens (including phenoxy) is 1. The van der Waals surface area contributed by atoms with Crippen molar-refractivity contribution < 1.29 is 13.5 Å². The second kappa shape index (κ2) is 5.60. The lowest BCUT2D eigenvalue weighted by atomic mass is 10.2. The molecule has 4 heteroatoms. The van der Waals surface area contributed by atoms with Crippen molar-refractivity contribution in [2.75, 3.05) is 0 Å². The molecule has 0 bridgehead atoms. The van der Waals surface area contributed by atoms with Gasteiger partial charge in [0, 0.05) is 17.7 Å². The van der Waals surface area contributed by atoms with Crippen molar-refractivity contribution >= 4 is 0 Å². The summed E-state index contributed by atoms with van der Waals surface area (Å²) in [5.74, 6) is -0.218. The van der Waals surface area contributed by atoms with Crippen molar-refractivity contribution in [2.24, 2.45) is 5.73 Å². The first-order valence-electron chi connectivity index (χ1n) is 5.55. The van der Waals surface area contributed by atoms with E-state index in [1.807, 2.05) is 0 Å². The summed E-state index contributed by atoms with van der Waals surface area (Å²) in [5, 5.41) is 0. The fraction of sp³-hybridized carbons (Fsp3) is 0.143. The van der Waals surface area contributed by atoms with Crippen LogP contribution in [0.25, 0.3) is 0 Å². The second-order valence-corrected chi connectivity index (χ2v) is 3.84. The smallest absolute Gasteiger partial charge is 0.129 e. The molecule has 0 amide bonds. The summed E-state index contributed by atoms with van der Waals surface area (Å²) in [4.78, 5) is 0. The molecule has 2 N–H and O–H groups in total. The van der Waals surface area contributed by atoms with E-state index in [0.717, 1.165) is 0 Å². The van der Waals surface area contributed by atoms with Crippen LogP contribution >= 0.6 is 0 Å². The van der Waals surface area contributed by atoms with Gasteiger partial charge >= 0.3 is 0 Å². The number of nitrogens with two attached hydrogens (primary N) is 1. The summed E-state index contributed by atoms with van der Waals surface area (Å²) in [5.41, 5.74) is 6.51. The number of hydrogen-bond donors (Lipinski definition) is 1. The normalized spacial score (nSPS) is 10.4. The Morgan fingerprint density at radius 2 is 1.78 bits per heavy atom. The molecule has 0 saturated carbocycles. The quantitative estimate of drug-likeness (QED) is 0.904. The minimum atomic E-state index is -0.367. The molecule has 0 saturated heterocycles. The molecular formula is C14H13F2NO. The van der Waals surface area contributed by atoms with Gasteiger partial charge in [-0.1, -0.05) is 18.2 Å². The zero-order valence-corrected chi connectivity index (χ0v) is 9.70. The van der Waals surface area contributed by atoms with Gasteiger partial charge in [-0.15, -0.1) is 0 Å².